The summed E-state index contributed by atoms with van der Waals surface area (Å²) < 4.78 is 5.90. The zero-order valence-corrected chi connectivity index (χ0v) is 15.5. The molecule has 0 saturated heterocycles. The number of pyridine rings is 1. The lowest BCUT2D eigenvalue weighted by Gasteiger charge is -2.18. The van der Waals surface area contributed by atoms with Crippen molar-refractivity contribution in [2.24, 2.45) is 0 Å². The molecule has 1 aromatic heterocycles. The van der Waals surface area contributed by atoms with Crippen LogP contribution in [0.3, 0.4) is 0 Å². The molecule has 0 spiro atoms. The summed E-state index contributed by atoms with van der Waals surface area (Å²) >= 11 is 3.38. The normalized spacial score (nSPS) is 10.7. The number of halogens is 1. The second-order valence-corrected chi connectivity index (χ2v) is 6.57. The van der Waals surface area contributed by atoms with Gasteiger partial charge in [0.2, 0.25) is 0 Å². The maximum absolute atomic E-state index is 12.6. The molecule has 0 aliphatic rings. The smallest absolute Gasteiger partial charge is 0.255 e. The molecule has 3 rings (SSSR count). The van der Waals surface area contributed by atoms with E-state index in [1.807, 2.05) is 30.3 Å². The van der Waals surface area contributed by atoms with Crippen LogP contribution >= 0.6 is 15.9 Å². The number of hydrogen-bond acceptors (Lipinski definition) is 3. The van der Waals surface area contributed by atoms with Gasteiger partial charge >= 0.3 is 0 Å². The molecule has 1 N–H and O–H groups in total. The molecule has 1 amide bonds. The van der Waals surface area contributed by atoms with Crippen LogP contribution in [0.2, 0.25) is 0 Å². The summed E-state index contributed by atoms with van der Waals surface area (Å²) in [4.78, 5) is 29.3. The summed E-state index contributed by atoms with van der Waals surface area (Å²) in [6, 6.07) is 14.5. The molecule has 0 unspecified atom stereocenters. The van der Waals surface area contributed by atoms with Crippen LogP contribution in [-0.2, 0) is 6.54 Å². The Hall–Kier alpha value is -2.60. The van der Waals surface area contributed by atoms with Crippen molar-refractivity contribution >= 4 is 32.7 Å². The van der Waals surface area contributed by atoms with Crippen molar-refractivity contribution in [3.63, 3.8) is 0 Å². The van der Waals surface area contributed by atoms with Crippen LogP contribution < -0.4 is 10.3 Å². The van der Waals surface area contributed by atoms with Gasteiger partial charge in [0, 0.05) is 23.2 Å². The van der Waals surface area contributed by atoms with Crippen molar-refractivity contribution in [2.75, 3.05) is 14.2 Å². The number of aromatic amines is 1. The standard InChI is InChI=1S/C19H17BrN2O3/c1-22(19(24)15-5-3-4-6-16(15)20)11-13-9-12-7-8-14(25-2)10-17(12)21-18(13)23/h3-10H,11H2,1-2H3,(H,21,23). The minimum Gasteiger partial charge on any atom is -0.497 e. The molecule has 0 bridgehead atoms. The van der Waals surface area contributed by atoms with E-state index in [0.29, 0.717) is 22.4 Å². The molecular formula is C19H17BrN2O3. The van der Waals surface area contributed by atoms with E-state index in [0.717, 1.165) is 9.86 Å². The molecule has 0 radical (unpaired) electrons. The van der Waals surface area contributed by atoms with Crippen molar-refractivity contribution in [3.8, 4) is 5.75 Å². The van der Waals surface area contributed by atoms with Gasteiger partial charge in [-0.25, -0.2) is 0 Å². The number of ether oxygens (including phenoxy) is 1. The predicted octanol–water partition coefficient (Wildman–Crippen LogP) is 3.57. The van der Waals surface area contributed by atoms with E-state index in [-0.39, 0.29) is 18.0 Å². The van der Waals surface area contributed by atoms with Crippen molar-refractivity contribution in [1.82, 2.24) is 9.88 Å². The SMILES string of the molecule is COc1ccc2cc(CN(C)C(=O)c3ccccc3Br)c(=O)[nH]c2c1. The van der Waals surface area contributed by atoms with Gasteiger partial charge in [-0.3, -0.25) is 9.59 Å². The lowest BCUT2D eigenvalue weighted by Crippen LogP contribution is -2.29. The molecule has 2 aromatic carbocycles. The minimum atomic E-state index is -0.215. The Balaban J connectivity index is 1.89. The van der Waals surface area contributed by atoms with Crippen LogP contribution in [0.1, 0.15) is 15.9 Å². The number of methoxy groups -OCH3 is 1. The minimum absolute atomic E-state index is 0.151. The van der Waals surface area contributed by atoms with Crippen LogP contribution in [0.15, 0.2) is 57.8 Å². The second-order valence-electron chi connectivity index (χ2n) is 5.72. The average Bonchev–Trinajstić information content (AvgIpc) is 2.61. The molecule has 0 saturated carbocycles. The summed E-state index contributed by atoms with van der Waals surface area (Å²) in [6.45, 7) is 0.220. The summed E-state index contributed by atoms with van der Waals surface area (Å²) in [7, 11) is 3.26. The Morgan fingerprint density at radius 2 is 1.96 bits per heavy atom. The molecular weight excluding hydrogens is 384 g/mol. The molecule has 0 aliphatic heterocycles. The van der Waals surface area contributed by atoms with Gasteiger partial charge < -0.3 is 14.6 Å². The van der Waals surface area contributed by atoms with Gasteiger partial charge in [0.1, 0.15) is 5.75 Å². The fourth-order valence-electron chi connectivity index (χ4n) is 2.64. The fourth-order valence-corrected chi connectivity index (χ4v) is 3.09. The summed E-state index contributed by atoms with van der Waals surface area (Å²) in [5.41, 5.74) is 1.58. The molecule has 0 fully saturated rings. The van der Waals surface area contributed by atoms with Gasteiger partial charge in [0.15, 0.2) is 0 Å². The van der Waals surface area contributed by atoms with Gasteiger partial charge in [-0.1, -0.05) is 12.1 Å². The number of H-pyrrole nitrogens is 1. The number of carbonyl (C=O) groups excluding carboxylic acids is 1. The van der Waals surface area contributed by atoms with Crippen molar-refractivity contribution < 1.29 is 9.53 Å². The number of rotatable bonds is 4. The molecule has 0 atom stereocenters. The van der Waals surface area contributed by atoms with Crippen LogP contribution in [0.5, 0.6) is 5.75 Å². The third kappa shape index (κ3) is 3.58. The van der Waals surface area contributed by atoms with Gasteiger partial charge in [-0.15, -0.1) is 0 Å². The summed E-state index contributed by atoms with van der Waals surface area (Å²) in [5.74, 6) is 0.527. The van der Waals surface area contributed by atoms with Gasteiger partial charge in [0.05, 0.1) is 24.7 Å². The highest BCUT2D eigenvalue weighted by molar-refractivity contribution is 9.10. The largest absolute Gasteiger partial charge is 0.497 e. The quantitative estimate of drug-likeness (QED) is 0.727. The molecule has 5 nitrogen and oxygen atoms in total. The number of carbonyl (C=O) groups is 1. The topological polar surface area (TPSA) is 62.4 Å². The highest BCUT2D eigenvalue weighted by Crippen LogP contribution is 2.20. The van der Waals surface area contributed by atoms with Crippen molar-refractivity contribution in [3.05, 3.63) is 74.5 Å². The van der Waals surface area contributed by atoms with E-state index in [2.05, 4.69) is 20.9 Å². The van der Waals surface area contributed by atoms with Gasteiger partial charge in [-0.2, -0.15) is 0 Å². The number of aromatic nitrogens is 1. The van der Waals surface area contributed by atoms with Crippen LogP contribution in [0.25, 0.3) is 10.9 Å². The highest BCUT2D eigenvalue weighted by Gasteiger charge is 2.16. The average molecular weight is 401 g/mol. The molecule has 1 heterocycles. The number of fused-ring (bicyclic) bond motifs is 1. The number of amides is 1. The third-order valence-corrected chi connectivity index (χ3v) is 4.68. The Bertz CT molecular complexity index is 997. The first kappa shape index (κ1) is 17.2. The third-order valence-electron chi connectivity index (χ3n) is 3.99. The second kappa shape index (κ2) is 7.11. The van der Waals surface area contributed by atoms with Crippen LogP contribution in [0, 0.1) is 0 Å². The number of benzene rings is 2. The molecule has 128 valence electrons. The zero-order valence-electron chi connectivity index (χ0n) is 13.9. The number of hydrogen-bond donors (Lipinski definition) is 1. The molecule has 0 aliphatic carbocycles. The Labute approximate surface area is 153 Å². The van der Waals surface area contributed by atoms with Gasteiger partial charge in [0.25, 0.3) is 11.5 Å². The van der Waals surface area contributed by atoms with E-state index in [9.17, 15) is 9.59 Å². The van der Waals surface area contributed by atoms with Crippen LogP contribution in [0.4, 0.5) is 0 Å². The Morgan fingerprint density at radius 3 is 2.68 bits per heavy atom. The first-order chi connectivity index (χ1) is 12.0. The zero-order chi connectivity index (χ0) is 18.0. The first-order valence-electron chi connectivity index (χ1n) is 7.69. The fraction of sp³-hybridized carbons (Fsp3) is 0.158. The van der Waals surface area contributed by atoms with Crippen molar-refractivity contribution in [1.29, 1.82) is 0 Å². The van der Waals surface area contributed by atoms with E-state index in [1.54, 1.807) is 32.4 Å². The highest BCUT2D eigenvalue weighted by atomic mass is 79.9. The van der Waals surface area contributed by atoms with Crippen molar-refractivity contribution in [2.45, 2.75) is 6.54 Å². The molecule has 25 heavy (non-hydrogen) atoms. The predicted molar refractivity (Wildman–Crippen MR) is 101 cm³/mol. The summed E-state index contributed by atoms with van der Waals surface area (Å²) in [6.07, 6.45) is 0. The summed E-state index contributed by atoms with van der Waals surface area (Å²) in [5, 5.41) is 0.886. The number of nitrogens with one attached hydrogen (secondary N) is 1. The maximum atomic E-state index is 12.6. The lowest BCUT2D eigenvalue weighted by molar-refractivity contribution is 0.0784. The van der Waals surface area contributed by atoms with E-state index < -0.39 is 0 Å². The Morgan fingerprint density at radius 1 is 1.20 bits per heavy atom. The lowest BCUT2D eigenvalue weighted by atomic mass is 10.1. The first-order valence-corrected chi connectivity index (χ1v) is 8.49. The molecule has 3 aromatic rings. The monoisotopic (exact) mass is 400 g/mol. The van der Waals surface area contributed by atoms with Gasteiger partial charge in [-0.05, 0) is 51.6 Å². The Kier molecular flexibility index (Phi) is 4.90. The molecule has 6 heteroatoms. The van der Waals surface area contributed by atoms with Crippen LogP contribution in [-0.4, -0.2) is 29.9 Å². The van der Waals surface area contributed by atoms with E-state index >= 15 is 0 Å². The van der Waals surface area contributed by atoms with E-state index in [4.69, 9.17) is 4.74 Å². The maximum Gasteiger partial charge on any atom is 0.255 e. The number of nitrogens with zero attached hydrogens (tertiary/aromatic N) is 1. The van der Waals surface area contributed by atoms with E-state index in [1.165, 1.54) is 4.90 Å².